The number of alkyl halides is 1. The summed E-state index contributed by atoms with van der Waals surface area (Å²) in [7, 11) is 0. The van der Waals surface area contributed by atoms with Crippen molar-refractivity contribution < 1.29 is 0 Å². The summed E-state index contributed by atoms with van der Waals surface area (Å²) in [4.78, 5) is 4.03. The van der Waals surface area contributed by atoms with Crippen molar-refractivity contribution in [1.29, 1.82) is 0 Å². The van der Waals surface area contributed by atoms with E-state index in [1.54, 1.807) is 0 Å². The van der Waals surface area contributed by atoms with Gasteiger partial charge in [-0.2, -0.15) is 0 Å². The van der Waals surface area contributed by atoms with Crippen LogP contribution in [-0.4, -0.2) is 4.98 Å². The van der Waals surface area contributed by atoms with Crippen LogP contribution in [0.4, 0.5) is 0 Å². The highest BCUT2D eigenvalue weighted by atomic mass is 79.9. The van der Waals surface area contributed by atoms with Gasteiger partial charge in [0.15, 0.2) is 0 Å². The molecule has 0 aliphatic heterocycles. The highest BCUT2D eigenvalue weighted by Gasteiger charge is 1.94. The number of rotatable bonds is 1. The first kappa shape index (κ1) is 11.2. The van der Waals surface area contributed by atoms with Gasteiger partial charge >= 0.3 is 0 Å². The highest BCUT2D eigenvalue weighted by molar-refractivity contribution is 9.08. The van der Waals surface area contributed by atoms with Crippen molar-refractivity contribution in [1.82, 2.24) is 4.98 Å². The predicted octanol–water partition coefficient (Wildman–Crippen LogP) is 3.36. The van der Waals surface area contributed by atoms with Crippen LogP contribution in [0.15, 0.2) is 12.1 Å². The molecule has 0 fully saturated rings. The standard InChI is InChI=1S/C7H7BrClN.ClH/c1-5-2-6(4-8)3-7(9)10-5;/h2-3H,4H2,1H3;1H. The van der Waals surface area contributed by atoms with Crippen LogP contribution in [0.2, 0.25) is 5.15 Å². The van der Waals surface area contributed by atoms with Crippen LogP contribution >= 0.6 is 39.9 Å². The third-order valence-electron chi connectivity index (χ3n) is 1.14. The molecule has 4 heteroatoms. The van der Waals surface area contributed by atoms with E-state index in [0.29, 0.717) is 5.15 Å². The summed E-state index contributed by atoms with van der Waals surface area (Å²) in [6.45, 7) is 1.93. The lowest BCUT2D eigenvalue weighted by Crippen LogP contribution is -1.84. The Hall–Kier alpha value is 0.210. The summed E-state index contributed by atoms with van der Waals surface area (Å²) in [5.74, 6) is 0. The summed E-state index contributed by atoms with van der Waals surface area (Å²) in [5, 5.41) is 1.39. The molecule has 0 aliphatic carbocycles. The monoisotopic (exact) mass is 255 g/mol. The summed E-state index contributed by atoms with van der Waals surface area (Å²) in [6.07, 6.45) is 0. The Morgan fingerprint density at radius 2 is 2.18 bits per heavy atom. The molecule has 1 heterocycles. The number of halogens is 3. The molecule has 0 unspecified atom stereocenters. The van der Waals surface area contributed by atoms with Gasteiger partial charge in [-0.1, -0.05) is 27.5 Å². The van der Waals surface area contributed by atoms with Crippen molar-refractivity contribution in [3.05, 3.63) is 28.5 Å². The molecule has 0 atom stereocenters. The second-order valence-electron chi connectivity index (χ2n) is 2.07. The first-order valence-corrected chi connectivity index (χ1v) is 4.41. The molecule has 1 aromatic rings. The number of aryl methyl sites for hydroxylation is 1. The maximum absolute atomic E-state index is 5.70. The third kappa shape index (κ3) is 3.41. The van der Waals surface area contributed by atoms with Crippen molar-refractivity contribution in [2.45, 2.75) is 12.3 Å². The third-order valence-corrected chi connectivity index (χ3v) is 1.98. The molecule has 0 N–H and O–H groups in total. The van der Waals surface area contributed by atoms with Gasteiger partial charge in [0, 0.05) is 11.0 Å². The SMILES string of the molecule is Cc1cc(CBr)cc(Cl)n1.Cl. The van der Waals surface area contributed by atoms with Crippen LogP contribution in [0.3, 0.4) is 0 Å². The molecule has 0 radical (unpaired) electrons. The largest absolute Gasteiger partial charge is 0.241 e. The molecule has 0 bridgehead atoms. The molecule has 0 saturated heterocycles. The molecular formula is C7H8BrCl2N. The van der Waals surface area contributed by atoms with Crippen LogP contribution in [0.1, 0.15) is 11.3 Å². The Morgan fingerprint density at radius 3 is 2.64 bits per heavy atom. The first-order chi connectivity index (χ1) is 4.72. The maximum atomic E-state index is 5.70. The van der Waals surface area contributed by atoms with Gasteiger partial charge < -0.3 is 0 Å². The van der Waals surface area contributed by atoms with E-state index in [4.69, 9.17) is 11.6 Å². The van der Waals surface area contributed by atoms with E-state index in [1.807, 2.05) is 19.1 Å². The van der Waals surface area contributed by atoms with Crippen LogP contribution in [0.25, 0.3) is 0 Å². The zero-order chi connectivity index (χ0) is 7.56. The number of hydrogen-bond acceptors (Lipinski definition) is 1. The Balaban J connectivity index is 0.000001000. The van der Waals surface area contributed by atoms with Crippen molar-refractivity contribution >= 4 is 39.9 Å². The Morgan fingerprint density at radius 1 is 1.55 bits per heavy atom. The summed E-state index contributed by atoms with van der Waals surface area (Å²) in [6, 6.07) is 3.85. The van der Waals surface area contributed by atoms with Crippen molar-refractivity contribution in [2.75, 3.05) is 0 Å². The fraction of sp³-hybridized carbons (Fsp3) is 0.286. The Labute approximate surface area is 85.7 Å². The normalized spacial score (nSPS) is 9.00. The number of nitrogens with zero attached hydrogens (tertiary/aromatic N) is 1. The van der Waals surface area contributed by atoms with Gasteiger partial charge in [-0.25, -0.2) is 4.98 Å². The minimum atomic E-state index is 0. The molecule has 0 aliphatic rings. The van der Waals surface area contributed by atoms with Gasteiger partial charge in [0.25, 0.3) is 0 Å². The lowest BCUT2D eigenvalue weighted by Gasteiger charge is -1.97. The fourth-order valence-electron chi connectivity index (χ4n) is 0.773. The molecule has 0 aromatic carbocycles. The van der Waals surface area contributed by atoms with Crippen LogP contribution in [-0.2, 0) is 5.33 Å². The van der Waals surface area contributed by atoms with E-state index >= 15 is 0 Å². The topological polar surface area (TPSA) is 12.9 Å². The molecule has 0 amide bonds. The molecule has 62 valence electrons. The lowest BCUT2D eigenvalue weighted by atomic mass is 10.3. The summed E-state index contributed by atoms with van der Waals surface area (Å²) >= 11 is 9.04. The van der Waals surface area contributed by atoms with E-state index in [1.165, 1.54) is 0 Å². The average Bonchev–Trinajstić information content (AvgIpc) is 1.85. The quantitative estimate of drug-likeness (QED) is 0.555. The summed E-state index contributed by atoms with van der Waals surface area (Å²) in [5.41, 5.74) is 2.12. The van der Waals surface area contributed by atoms with Gasteiger partial charge in [0.1, 0.15) is 5.15 Å². The fourth-order valence-corrected chi connectivity index (χ4v) is 1.37. The van der Waals surface area contributed by atoms with E-state index in [9.17, 15) is 0 Å². The minimum Gasteiger partial charge on any atom is -0.241 e. The van der Waals surface area contributed by atoms with Crippen molar-refractivity contribution in [3.63, 3.8) is 0 Å². The molecule has 1 aromatic heterocycles. The summed E-state index contributed by atoms with van der Waals surface area (Å²) < 4.78 is 0. The van der Waals surface area contributed by atoms with Crippen molar-refractivity contribution in [2.24, 2.45) is 0 Å². The maximum Gasteiger partial charge on any atom is 0.129 e. The van der Waals surface area contributed by atoms with E-state index in [0.717, 1.165) is 16.6 Å². The highest BCUT2D eigenvalue weighted by Crippen LogP contribution is 2.12. The molecular weight excluding hydrogens is 249 g/mol. The smallest absolute Gasteiger partial charge is 0.129 e. The first-order valence-electron chi connectivity index (χ1n) is 2.91. The van der Waals surface area contributed by atoms with E-state index in [2.05, 4.69) is 20.9 Å². The van der Waals surface area contributed by atoms with Gasteiger partial charge in [0.2, 0.25) is 0 Å². The second-order valence-corrected chi connectivity index (χ2v) is 3.02. The molecule has 0 spiro atoms. The Bertz CT molecular complexity index is 220. The predicted molar refractivity (Wildman–Crippen MR) is 53.9 cm³/mol. The van der Waals surface area contributed by atoms with Gasteiger partial charge in [0.05, 0.1) is 0 Å². The molecule has 1 nitrogen and oxygen atoms in total. The lowest BCUT2D eigenvalue weighted by molar-refractivity contribution is 1.17. The van der Waals surface area contributed by atoms with Crippen LogP contribution in [0.5, 0.6) is 0 Å². The van der Waals surface area contributed by atoms with E-state index in [-0.39, 0.29) is 12.4 Å². The van der Waals surface area contributed by atoms with Crippen LogP contribution < -0.4 is 0 Å². The molecule has 1 rings (SSSR count). The van der Waals surface area contributed by atoms with Gasteiger partial charge in [-0.15, -0.1) is 12.4 Å². The number of hydrogen-bond donors (Lipinski definition) is 0. The second kappa shape index (κ2) is 4.96. The van der Waals surface area contributed by atoms with Crippen LogP contribution in [0, 0.1) is 6.92 Å². The molecule has 11 heavy (non-hydrogen) atoms. The minimum absolute atomic E-state index is 0. The zero-order valence-electron chi connectivity index (χ0n) is 5.97. The van der Waals surface area contributed by atoms with Crippen molar-refractivity contribution in [3.8, 4) is 0 Å². The zero-order valence-corrected chi connectivity index (χ0v) is 9.13. The average molecular weight is 257 g/mol. The Kier molecular flexibility index (Phi) is 5.06. The number of aromatic nitrogens is 1. The van der Waals surface area contributed by atoms with Gasteiger partial charge in [-0.3, -0.25) is 0 Å². The molecule has 0 saturated carbocycles. The van der Waals surface area contributed by atoms with Gasteiger partial charge in [-0.05, 0) is 24.6 Å². The number of pyridine rings is 1. The van der Waals surface area contributed by atoms with E-state index < -0.39 is 0 Å².